The van der Waals surface area contributed by atoms with E-state index in [4.69, 9.17) is 10.1 Å². The Morgan fingerprint density at radius 3 is 2.48 bits per heavy atom. The molecule has 0 aliphatic rings. The van der Waals surface area contributed by atoms with Gasteiger partial charge in [-0.05, 0) is 37.1 Å². The van der Waals surface area contributed by atoms with Crippen molar-refractivity contribution >= 4 is 6.21 Å². The molecule has 0 aliphatic carbocycles. The van der Waals surface area contributed by atoms with Crippen LogP contribution in [-0.2, 0) is 17.8 Å². The number of hydrogen-bond acceptors (Lipinski definition) is 2. The van der Waals surface area contributed by atoms with Gasteiger partial charge in [0.2, 0.25) is 6.67 Å². The molecule has 0 bridgehead atoms. The second kappa shape index (κ2) is 15.1. The van der Waals surface area contributed by atoms with Crippen molar-refractivity contribution in [1.82, 2.24) is 4.90 Å². The molecule has 1 aromatic heterocycles. The minimum atomic E-state index is 0.506. The number of pyridine rings is 1. The molecular weight excluding hydrogens is 310 g/mol. The molecule has 0 aliphatic heterocycles. The summed E-state index contributed by atoms with van der Waals surface area (Å²) in [7, 11) is 2.01. The predicted molar refractivity (Wildman–Crippen MR) is 106 cm³/mol. The molecule has 0 spiro atoms. The van der Waals surface area contributed by atoms with Crippen molar-refractivity contribution in [2.75, 3.05) is 13.8 Å². The van der Waals surface area contributed by atoms with E-state index in [0.717, 1.165) is 25.1 Å². The molecule has 1 heterocycles. The molecule has 136 valence electrons. The summed E-state index contributed by atoms with van der Waals surface area (Å²) >= 11 is 0. The van der Waals surface area contributed by atoms with E-state index in [0.29, 0.717) is 6.73 Å². The van der Waals surface area contributed by atoms with E-state index in [-0.39, 0.29) is 0 Å². The average molecular weight is 344 g/mol. The maximum atomic E-state index is 5.54. The van der Waals surface area contributed by atoms with Gasteiger partial charge in [-0.3, -0.25) is 5.41 Å². The van der Waals surface area contributed by atoms with Crippen molar-refractivity contribution in [3.8, 4) is 0 Å². The van der Waals surface area contributed by atoms with Gasteiger partial charge in [-0.1, -0.05) is 26.0 Å². The summed E-state index contributed by atoms with van der Waals surface area (Å²) in [5.41, 5.74) is 2.31. The largest absolute Gasteiger partial charge is 0.486 e. The van der Waals surface area contributed by atoms with E-state index in [2.05, 4.69) is 47.2 Å². The molecule has 4 nitrogen and oxygen atoms in total. The van der Waals surface area contributed by atoms with Crippen LogP contribution in [0.4, 0.5) is 0 Å². The standard InChI is InChI=1S/C19H26N3O.C2H6/c1-4-6-18(8-12-20)11-15-23-17-21(3)16-22-13-9-19(7-5-2)10-14-22;1-2/h4-5,8-15,20H,1-2,6-7,16-17H2,3H3;1-2H3/q+1;/p+1/b15-11-,18-8-,20-12?;. The van der Waals surface area contributed by atoms with E-state index >= 15 is 0 Å². The Bertz CT molecular complexity index is 559. The first-order valence-corrected chi connectivity index (χ1v) is 8.60. The lowest BCUT2D eigenvalue weighted by Crippen LogP contribution is -2.42. The van der Waals surface area contributed by atoms with E-state index in [9.17, 15) is 0 Å². The van der Waals surface area contributed by atoms with Crippen molar-refractivity contribution < 1.29 is 14.7 Å². The molecule has 0 unspecified atom stereocenters. The molecule has 1 rings (SSSR count). The maximum absolute atomic E-state index is 5.54. The van der Waals surface area contributed by atoms with E-state index < -0.39 is 0 Å². The van der Waals surface area contributed by atoms with Crippen molar-refractivity contribution in [2.24, 2.45) is 0 Å². The Kier molecular flexibility index (Phi) is 13.6. The van der Waals surface area contributed by atoms with Gasteiger partial charge in [0.1, 0.15) is 6.73 Å². The van der Waals surface area contributed by atoms with Crippen molar-refractivity contribution in [3.05, 3.63) is 79.4 Å². The zero-order valence-corrected chi connectivity index (χ0v) is 15.9. The van der Waals surface area contributed by atoms with Gasteiger partial charge in [0.15, 0.2) is 18.6 Å². The van der Waals surface area contributed by atoms with Gasteiger partial charge >= 0.3 is 0 Å². The van der Waals surface area contributed by atoms with Gasteiger partial charge in [-0.2, -0.15) is 4.57 Å². The molecule has 0 atom stereocenters. The lowest BCUT2D eigenvalue weighted by Gasteiger charge is -2.12. The Labute approximate surface area is 153 Å². The molecule has 0 aromatic carbocycles. The minimum Gasteiger partial charge on any atom is -0.486 e. The fourth-order valence-electron chi connectivity index (χ4n) is 1.99. The summed E-state index contributed by atoms with van der Waals surface area (Å²) in [6, 6.07) is 4.21. The van der Waals surface area contributed by atoms with E-state index in [1.165, 1.54) is 11.8 Å². The summed E-state index contributed by atoms with van der Waals surface area (Å²) in [4.78, 5) is 2.07. The van der Waals surface area contributed by atoms with Crippen LogP contribution in [0, 0.1) is 0 Å². The first-order valence-electron chi connectivity index (χ1n) is 8.60. The Morgan fingerprint density at radius 2 is 1.92 bits per heavy atom. The number of ether oxygens (including phenoxy) is 1. The summed E-state index contributed by atoms with van der Waals surface area (Å²) in [5.74, 6) is 0. The van der Waals surface area contributed by atoms with Gasteiger partial charge in [-0.25, -0.2) is 4.90 Å². The normalized spacial score (nSPS) is 11.0. The third-order valence-corrected chi connectivity index (χ3v) is 3.11. The van der Waals surface area contributed by atoms with Crippen LogP contribution in [0.5, 0.6) is 0 Å². The Hall–Kier alpha value is -2.46. The number of hydrogen-bond donors (Lipinski definition) is 1. The Morgan fingerprint density at radius 1 is 1.24 bits per heavy atom. The number of rotatable bonds is 11. The highest BCUT2D eigenvalue weighted by molar-refractivity contribution is 5.67. The lowest BCUT2D eigenvalue weighted by atomic mass is 10.2. The van der Waals surface area contributed by atoms with Crippen LogP contribution >= 0.6 is 0 Å². The molecule has 25 heavy (non-hydrogen) atoms. The van der Waals surface area contributed by atoms with Crippen LogP contribution in [0.1, 0.15) is 25.8 Å². The summed E-state index contributed by atoms with van der Waals surface area (Å²) in [6.45, 7) is 12.7. The van der Waals surface area contributed by atoms with Gasteiger partial charge in [0.05, 0.1) is 6.26 Å². The lowest BCUT2D eigenvalue weighted by molar-refractivity contribution is -0.715. The number of nitrogens with two attached hydrogens (primary N) is 1. The fraction of sp³-hybridized carbons (Fsp3) is 0.333. The summed E-state index contributed by atoms with van der Waals surface area (Å²) in [6.07, 6.45) is 16.5. The van der Waals surface area contributed by atoms with Gasteiger partial charge < -0.3 is 4.74 Å². The molecular formula is C21H33N3O+2. The highest BCUT2D eigenvalue weighted by atomic mass is 16.5. The van der Waals surface area contributed by atoms with Gasteiger partial charge in [-0.15, -0.1) is 13.2 Å². The molecule has 0 radical (unpaired) electrons. The first kappa shape index (κ1) is 22.5. The number of nitrogens with zero attached hydrogens (tertiary/aromatic N) is 2. The van der Waals surface area contributed by atoms with E-state index in [1.807, 2.05) is 45.2 Å². The van der Waals surface area contributed by atoms with Crippen LogP contribution in [0.3, 0.4) is 0 Å². The van der Waals surface area contributed by atoms with Gasteiger partial charge in [0.25, 0.3) is 0 Å². The topological polar surface area (TPSA) is 41.9 Å². The summed E-state index contributed by atoms with van der Waals surface area (Å²) < 4.78 is 7.65. The van der Waals surface area contributed by atoms with Crippen LogP contribution < -0.4 is 9.98 Å². The van der Waals surface area contributed by atoms with Crippen LogP contribution in [0.25, 0.3) is 0 Å². The molecule has 0 saturated carbocycles. The third-order valence-electron chi connectivity index (χ3n) is 3.11. The van der Waals surface area contributed by atoms with Crippen molar-refractivity contribution in [3.63, 3.8) is 0 Å². The zero-order valence-electron chi connectivity index (χ0n) is 15.9. The fourth-order valence-corrected chi connectivity index (χ4v) is 1.99. The predicted octanol–water partition coefficient (Wildman–Crippen LogP) is 2.44. The number of allylic oxidation sites excluding steroid dienone is 5. The van der Waals surface area contributed by atoms with Crippen LogP contribution in [-0.4, -0.2) is 24.9 Å². The van der Waals surface area contributed by atoms with Gasteiger partial charge in [0, 0.05) is 18.2 Å². The highest BCUT2D eigenvalue weighted by Gasteiger charge is 2.05. The Balaban J connectivity index is 0.00000277. The smallest absolute Gasteiger partial charge is 0.206 e. The van der Waals surface area contributed by atoms with Crippen molar-refractivity contribution in [1.29, 1.82) is 0 Å². The summed E-state index contributed by atoms with van der Waals surface area (Å²) in [5, 5.41) is 5.40. The molecule has 1 aromatic rings. The van der Waals surface area contributed by atoms with Crippen molar-refractivity contribution in [2.45, 2.75) is 33.4 Å². The second-order valence-corrected chi connectivity index (χ2v) is 5.24. The third kappa shape index (κ3) is 10.8. The molecule has 0 fully saturated rings. The monoisotopic (exact) mass is 343 g/mol. The quantitative estimate of drug-likeness (QED) is 0.167. The number of aromatic nitrogens is 1. The molecule has 0 saturated heterocycles. The first-order chi connectivity index (χ1) is 12.2. The maximum Gasteiger partial charge on any atom is 0.206 e. The second-order valence-electron chi connectivity index (χ2n) is 5.24. The minimum absolute atomic E-state index is 0.506. The van der Waals surface area contributed by atoms with Crippen LogP contribution in [0.15, 0.2) is 73.8 Å². The SMILES string of the molecule is C=CCC(/C=C\OCN(C)C[n+]1ccc(CC=C)cc1)=C/C=[NH2+].CC. The van der Waals surface area contributed by atoms with Crippen LogP contribution in [0.2, 0.25) is 0 Å². The molecule has 4 heteroatoms. The highest BCUT2D eigenvalue weighted by Crippen LogP contribution is 2.03. The molecule has 0 amide bonds. The van der Waals surface area contributed by atoms with E-state index in [1.54, 1.807) is 6.26 Å². The zero-order chi connectivity index (χ0) is 18.9. The average Bonchev–Trinajstić information content (AvgIpc) is 2.63. The molecule has 2 N–H and O–H groups in total.